The molecule has 0 spiro atoms. The third-order valence-corrected chi connectivity index (χ3v) is 10.4. The topological polar surface area (TPSA) is 91.6 Å². The molecule has 8 rings (SSSR count). The first-order valence-corrected chi connectivity index (χ1v) is 19.0. The molecule has 0 saturated carbocycles. The van der Waals surface area contributed by atoms with Crippen molar-refractivity contribution in [3.63, 3.8) is 0 Å². The van der Waals surface area contributed by atoms with Crippen molar-refractivity contribution in [2.24, 2.45) is 0 Å². The molecule has 58 heavy (non-hydrogen) atoms. The summed E-state index contributed by atoms with van der Waals surface area (Å²) in [6.45, 7) is 7.71. The summed E-state index contributed by atoms with van der Waals surface area (Å²) in [6.07, 6.45) is 0. The van der Waals surface area contributed by atoms with Gasteiger partial charge in [-0.05, 0) is 0 Å². The molecule has 0 aliphatic carbocycles. The fourth-order valence-corrected chi connectivity index (χ4v) is 6.58. The van der Waals surface area contributed by atoms with E-state index >= 15 is 0 Å². The zero-order chi connectivity index (χ0) is 40.1. The van der Waals surface area contributed by atoms with E-state index in [1.54, 1.807) is 0 Å². The minimum atomic E-state index is -0.634. The van der Waals surface area contributed by atoms with Crippen molar-refractivity contribution in [2.75, 3.05) is 0 Å². The van der Waals surface area contributed by atoms with E-state index in [2.05, 4.69) is 0 Å². The van der Waals surface area contributed by atoms with Crippen molar-refractivity contribution < 1.29 is 54.6 Å². The van der Waals surface area contributed by atoms with Gasteiger partial charge >= 0.3 is 0 Å². The molecule has 0 aliphatic heterocycles. The van der Waals surface area contributed by atoms with Gasteiger partial charge in [0, 0.05) is 84.1 Å². The first-order valence-electron chi connectivity index (χ1n) is 19.0. The minimum absolute atomic E-state index is 0. The SMILES string of the molecule is C[C@@]([OH2+])(c1ccccc1)c1ccc[cH-]1.C[C@@]([OH2+])(c1ccccc1)c1ccc[cH-]1.C[C@@]([OH2+])(c1ccccc1)c1ccc[cH-]1.C[C@@]([OH2+])(c1ccccc1)c1ccc[cH-]1.[Fe].[Fe]. The summed E-state index contributed by atoms with van der Waals surface area (Å²) in [5.41, 5.74) is 5.78. The van der Waals surface area contributed by atoms with E-state index < -0.39 is 22.4 Å². The first-order chi connectivity index (χ1) is 26.8. The molecular weight excluding hydrogens is 800 g/mol. The molecule has 0 aliphatic rings. The van der Waals surface area contributed by atoms with Gasteiger partial charge in [0.15, 0.2) is 22.4 Å². The Hall–Kier alpha value is -4.84. The van der Waals surface area contributed by atoms with Crippen molar-refractivity contribution >= 4 is 0 Å². The smallest absolute Gasteiger partial charge is 0.189 e. The van der Waals surface area contributed by atoms with Gasteiger partial charge in [-0.15, -0.1) is 0 Å². The van der Waals surface area contributed by atoms with Crippen LogP contribution in [0.3, 0.4) is 0 Å². The molecule has 0 heterocycles. The van der Waals surface area contributed by atoms with Crippen LogP contribution in [0.4, 0.5) is 0 Å². The van der Waals surface area contributed by atoms with Crippen LogP contribution in [0.25, 0.3) is 0 Å². The average Bonchev–Trinajstić information content (AvgIpc) is 4.09. The Morgan fingerprint density at radius 2 is 0.448 bits per heavy atom. The number of rotatable bonds is 8. The summed E-state index contributed by atoms with van der Waals surface area (Å²) in [4.78, 5) is 0. The van der Waals surface area contributed by atoms with Crippen LogP contribution in [0, 0.1) is 0 Å². The number of hydrogen-bond acceptors (Lipinski definition) is 0. The van der Waals surface area contributed by atoms with Gasteiger partial charge in [0.1, 0.15) is 0 Å². The van der Waals surface area contributed by atoms with E-state index in [4.69, 9.17) is 20.4 Å². The first kappa shape index (κ1) is 47.5. The standard InChI is InChI=1S/4C13H13O.2Fe/c4*1-13(14,12-9-5-6-10-12)11-7-3-2-4-8-11;;/h4*2-10,14H,1H3;;/q4*-1;;/p+4/t4*13-;;/m1111../s1. The quantitative estimate of drug-likeness (QED) is 0.0828. The van der Waals surface area contributed by atoms with Crippen LogP contribution in [-0.4, -0.2) is 20.4 Å². The number of benzene rings is 4. The van der Waals surface area contributed by atoms with Gasteiger partial charge < -0.3 is 20.4 Å². The van der Waals surface area contributed by atoms with E-state index in [-0.39, 0.29) is 34.1 Å². The van der Waals surface area contributed by atoms with Crippen molar-refractivity contribution in [3.8, 4) is 0 Å². The van der Waals surface area contributed by atoms with Crippen LogP contribution in [0.5, 0.6) is 0 Å². The molecule has 8 aromatic rings. The molecule has 4 nitrogen and oxygen atoms in total. The third kappa shape index (κ3) is 12.1. The predicted octanol–water partition coefficient (Wildman–Crippen LogP) is 9.57. The molecule has 0 fully saturated rings. The molecule has 0 aromatic heterocycles. The summed E-state index contributed by atoms with van der Waals surface area (Å²) < 4.78 is 0. The molecule has 0 bridgehead atoms. The van der Waals surface area contributed by atoms with E-state index in [9.17, 15) is 0 Å². The van der Waals surface area contributed by atoms with Crippen LogP contribution < -0.4 is 0 Å². The van der Waals surface area contributed by atoms with Crippen molar-refractivity contribution in [3.05, 3.63) is 263 Å². The Morgan fingerprint density at radius 3 is 0.586 bits per heavy atom. The normalized spacial score (nSPS) is 14.5. The minimum Gasteiger partial charge on any atom is -0.436 e. The van der Waals surface area contributed by atoms with Crippen molar-refractivity contribution in [1.82, 2.24) is 0 Å². The van der Waals surface area contributed by atoms with Crippen LogP contribution in [0.15, 0.2) is 218 Å². The molecule has 4 atom stereocenters. The van der Waals surface area contributed by atoms with Crippen molar-refractivity contribution in [1.29, 1.82) is 0 Å². The van der Waals surface area contributed by atoms with Gasteiger partial charge in [0.05, 0.1) is 0 Å². The molecule has 0 saturated heterocycles. The Bertz CT molecular complexity index is 1880. The fourth-order valence-electron chi connectivity index (χ4n) is 6.58. The Balaban J connectivity index is 0.000000205. The zero-order valence-corrected chi connectivity index (χ0v) is 35.7. The van der Waals surface area contributed by atoms with Crippen molar-refractivity contribution in [2.45, 2.75) is 50.1 Å². The largest absolute Gasteiger partial charge is 0.436 e. The number of hydrogen-bond donors (Lipinski definition) is 0. The van der Waals surface area contributed by atoms with Gasteiger partial charge in [-0.1, -0.05) is 144 Å². The molecule has 0 unspecified atom stereocenters. The molecule has 0 amide bonds. The fraction of sp³-hybridized carbons (Fsp3) is 0.154. The van der Waals surface area contributed by atoms with Crippen LogP contribution in [0.2, 0.25) is 0 Å². The van der Waals surface area contributed by atoms with E-state index in [0.717, 1.165) is 44.5 Å². The average molecular weight is 857 g/mol. The molecule has 8 aromatic carbocycles. The zero-order valence-electron chi connectivity index (χ0n) is 33.5. The van der Waals surface area contributed by atoms with Crippen LogP contribution in [-0.2, 0) is 56.5 Å². The van der Waals surface area contributed by atoms with Gasteiger partial charge in [0.25, 0.3) is 0 Å². The Kier molecular flexibility index (Phi) is 17.9. The van der Waals surface area contributed by atoms with Gasteiger partial charge in [-0.3, -0.25) is 0 Å². The summed E-state index contributed by atoms with van der Waals surface area (Å²) >= 11 is 0. The van der Waals surface area contributed by atoms with Crippen LogP contribution >= 0.6 is 0 Å². The Labute approximate surface area is 365 Å². The molecule has 0 radical (unpaired) electrons. The van der Waals surface area contributed by atoms with Gasteiger partial charge in [0.2, 0.25) is 0 Å². The monoisotopic (exact) mass is 856 g/mol. The van der Waals surface area contributed by atoms with E-state index in [1.807, 2.05) is 246 Å². The maximum Gasteiger partial charge on any atom is 0.189 e. The second-order valence-corrected chi connectivity index (χ2v) is 14.7. The predicted molar refractivity (Wildman–Crippen MR) is 234 cm³/mol. The van der Waals surface area contributed by atoms with E-state index in [1.165, 1.54) is 0 Å². The van der Waals surface area contributed by atoms with E-state index in [0.29, 0.717) is 0 Å². The van der Waals surface area contributed by atoms with Gasteiger partial charge in [-0.2, -0.15) is 48.5 Å². The third-order valence-electron chi connectivity index (χ3n) is 10.4. The summed E-state index contributed by atoms with van der Waals surface area (Å²) in [5, 5.41) is 33.3. The summed E-state index contributed by atoms with van der Waals surface area (Å²) in [7, 11) is 0. The van der Waals surface area contributed by atoms with Crippen LogP contribution in [0.1, 0.15) is 72.2 Å². The maximum atomic E-state index is 8.32. The molecular formula is C52H56Fe2O4. The summed E-state index contributed by atoms with van der Waals surface area (Å²) in [5.74, 6) is 0. The molecule has 6 heteroatoms. The molecule has 8 N–H and O–H groups in total. The maximum absolute atomic E-state index is 8.32. The second-order valence-electron chi connectivity index (χ2n) is 14.7. The van der Waals surface area contributed by atoms with Gasteiger partial charge in [-0.25, -0.2) is 48.5 Å². The molecule has 304 valence electrons. The summed E-state index contributed by atoms with van der Waals surface area (Å²) in [6, 6.07) is 71.5. The Morgan fingerprint density at radius 1 is 0.276 bits per heavy atom. The second kappa shape index (κ2) is 21.8.